The minimum Gasteiger partial charge on any atom is -0.444 e. The third-order valence-corrected chi connectivity index (χ3v) is 8.96. The van der Waals surface area contributed by atoms with Crippen LogP contribution in [0.3, 0.4) is 0 Å². The molecule has 232 valence electrons. The van der Waals surface area contributed by atoms with Crippen molar-refractivity contribution in [3.8, 4) is 0 Å². The van der Waals surface area contributed by atoms with E-state index in [4.69, 9.17) is 4.74 Å². The summed E-state index contributed by atoms with van der Waals surface area (Å²) < 4.78 is 5.64. The molecule has 0 fully saturated rings. The van der Waals surface area contributed by atoms with Gasteiger partial charge in [-0.25, -0.2) is 4.79 Å². The second-order valence-corrected chi connectivity index (χ2v) is 13.5. The van der Waals surface area contributed by atoms with Crippen molar-refractivity contribution in [1.82, 2.24) is 15.6 Å². The second-order valence-electron chi connectivity index (χ2n) is 12.3. The first-order chi connectivity index (χ1) is 21.7. The van der Waals surface area contributed by atoms with Gasteiger partial charge >= 0.3 is 6.09 Å². The van der Waals surface area contributed by atoms with Gasteiger partial charge in [-0.3, -0.25) is 9.78 Å². The third kappa shape index (κ3) is 9.32. The Hall–Kier alpha value is -4.36. The molecule has 0 aliphatic rings. The minimum absolute atomic E-state index is 0.0157. The number of hydrogen-bond acceptors (Lipinski definition) is 5. The molecule has 7 heteroatoms. The number of nitrogens with zero attached hydrogens (tertiary/aromatic N) is 1. The Labute approximate surface area is 270 Å². The standard InChI is InChI=1S/C38H41N3O3S/c1-38(2,3)44-37(43)41-32(23-30-16-8-14-28-12-4-6-18-33(28)30)26-45-35(36(42)40-22-20-27-11-10-21-39-25-27)24-31-17-9-15-29-13-5-7-19-34(29)31/h4-19,21,25,32,35H,20,22-24,26H2,1-3H3,(H,40,42)(H,41,43)/t32-,35-/m0/s1. The highest BCUT2D eigenvalue weighted by atomic mass is 32.2. The normalized spacial score (nSPS) is 12.9. The third-order valence-electron chi connectivity index (χ3n) is 7.58. The van der Waals surface area contributed by atoms with Crippen LogP contribution in [0.25, 0.3) is 21.5 Å². The lowest BCUT2D eigenvalue weighted by molar-refractivity contribution is -0.120. The summed E-state index contributed by atoms with van der Waals surface area (Å²) in [4.78, 5) is 30.9. The van der Waals surface area contributed by atoms with Crippen LogP contribution in [-0.2, 0) is 28.8 Å². The maximum Gasteiger partial charge on any atom is 0.407 e. The fourth-order valence-corrected chi connectivity index (χ4v) is 6.68. The molecule has 45 heavy (non-hydrogen) atoms. The largest absolute Gasteiger partial charge is 0.444 e. The Bertz CT molecular complexity index is 1720. The number of pyridine rings is 1. The lowest BCUT2D eigenvalue weighted by atomic mass is 9.99. The van der Waals surface area contributed by atoms with E-state index in [0.29, 0.717) is 31.6 Å². The van der Waals surface area contributed by atoms with Gasteiger partial charge in [0.2, 0.25) is 5.91 Å². The first-order valence-corrected chi connectivity index (χ1v) is 16.5. The fraction of sp³-hybridized carbons (Fsp3) is 0.289. The zero-order valence-electron chi connectivity index (χ0n) is 26.2. The van der Waals surface area contributed by atoms with E-state index in [2.05, 4.69) is 64.1 Å². The van der Waals surface area contributed by atoms with Crippen LogP contribution in [-0.4, -0.2) is 46.2 Å². The number of carbonyl (C=O) groups is 2. The Balaban J connectivity index is 1.37. The Morgan fingerprint density at radius 1 is 0.800 bits per heavy atom. The van der Waals surface area contributed by atoms with Gasteiger partial charge in [0, 0.05) is 30.7 Å². The van der Waals surface area contributed by atoms with Gasteiger partial charge in [-0.2, -0.15) is 0 Å². The van der Waals surface area contributed by atoms with Crippen LogP contribution in [0.1, 0.15) is 37.5 Å². The molecule has 4 aromatic carbocycles. The summed E-state index contributed by atoms with van der Waals surface area (Å²) in [5.41, 5.74) is 2.72. The van der Waals surface area contributed by atoms with Gasteiger partial charge in [-0.1, -0.05) is 91.0 Å². The number of carbonyl (C=O) groups excluding carboxylic acids is 2. The van der Waals surface area contributed by atoms with E-state index < -0.39 is 11.7 Å². The molecule has 0 radical (unpaired) electrons. The zero-order chi connectivity index (χ0) is 31.6. The SMILES string of the molecule is CC(C)(C)OC(=O)N[C@H](CS[C@@H](Cc1cccc2ccccc12)C(=O)NCCc1cccnc1)Cc1cccc2ccccc12. The summed E-state index contributed by atoms with van der Waals surface area (Å²) in [6.45, 7) is 6.10. The maximum absolute atomic E-state index is 13.8. The number of nitrogens with one attached hydrogen (secondary N) is 2. The van der Waals surface area contributed by atoms with Gasteiger partial charge in [0.05, 0.1) is 5.25 Å². The van der Waals surface area contributed by atoms with Crippen LogP contribution in [0, 0.1) is 0 Å². The fourth-order valence-electron chi connectivity index (χ4n) is 5.48. The monoisotopic (exact) mass is 619 g/mol. The number of amides is 2. The number of benzene rings is 4. The molecule has 0 aliphatic carbocycles. The van der Waals surface area contributed by atoms with Gasteiger partial charge in [-0.05, 0) is 84.3 Å². The molecule has 0 saturated heterocycles. The van der Waals surface area contributed by atoms with Crippen molar-refractivity contribution in [2.24, 2.45) is 0 Å². The molecular weight excluding hydrogens is 579 g/mol. The highest BCUT2D eigenvalue weighted by molar-refractivity contribution is 8.00. The number of aromatic nitrogens is 1. The number of thioether (sulfide) groups is 1. The lowest BCUT2D eigenvalue weighted by Crippen LogP contribution is -2.43. The van der Waals surface area contributed by atoms with Crippen molar-refractivity contribution < 1.29 is 14.3 Å². The van der Waals surface area contributed by atoms with Gasteiger partial charge in [-0.15, -0.1) is 11.8 Å². The molecule has 0 spiro atoms. The summed E-state index contributed by atoms with van der Waals surface area (Å²) in [6, 6.07) is 32.7. The van der Waals surface area contributed by atoms with E-state index in [1.807, 2.05) is 75.5 Å². The molecule has 0 saturated carbocycles. The van der Waals surface area contributed by atoms with Crippen LogP contribution < -0.4 is 10.6 Å². The number of fused-ring (bicyclic) bond motifs is 2. The first kappa shape index (κ1) is 32.0. The second kappa shape index (κ2) is 15.1. The van der Waals surface area contributed by atoms with Gasteiger partial charge in [0.25, 0.3) is 0 Å². The Morgan fingerprint density at radius 2 is 1.42 bits per heavy atom. The number of alkyl carbamates (subject to hydrolysis) is 1. The van der Waals surface area contributed by atoms with E-state index in [-0.39, 0.29) is 17.2 Å². The van der Waals surface area contributed by atoms with E-state index in [1.54, 1.807) is 18.0 Å². The Morgan fingerprint density at radius 3 is 2.04 bits per heavy atom. The summed E-state index contributed by atoms with van der Waals surface area (Å²) in [7, 11) is 0. The number of ether oxygens (including phenoxy) is 1. The molecule has 6 nitrogen and oxygen atoms in total. The van der Waals surface area contributed by atoms with Crippen LogP contribution in [0.15, 0.2) is 109 Å². The molecule has 0 aliphatic heterocycles. The number of hydrogen-bond donors (Lipinski definition) is 2. The van der Waals surface area contributed by atoms with Gasteiger partial charge in [0.15, 0.2) is 0 Å². The predicted molar refractivity (Wildman–Crippen MR) is 186 cm³/mol. The molecule has 2 N–H and O–H groups in total. The van der Waals surface area contributed by atoms with E-state index in [0.717, 1.165) is 38.2 Å². The Kier molecular flexibility index (Phi) is 10.7. The summed E-state index contributed by atoms with van der Waals surface area (Å²) in [5.74, 6) is 0.520. The average Bonchev–Trinajstić information content (AvgIpc) is 3.02. The van der Waals surface area contributed by atoms with Gasteiger partial charge < -0.3 is 15.4 Å². The van der Waals surface area contributed by atoms with Crippen molar-refractivity contribution in [3.05, 3.63) is 126 Å². The maximum atomic E-state index is 13.8. The molecule has 1 aromatic heterocycles. The average molecular weight is 620 g/mol. The zero-order valence-corrected chi connectivity index (χ0v) is 27.0. The smallest absolute Gasteiger partial charge is 0.407 e. The van der Waals surface area contributed by atoms with Gasteiger partial charge in [0.1, 0.15) is 5.60 Å². The molecule has 0 bridgehead atoms. The summed E-state index contributed by atoms with van der Waals surface area (Å²) >= 11 is 1.58. The van der Waals surface area contributed by atoms with Crippen molar-refractivity contribution in [2.75, 3.05) is 12.3 Å². The number of rotatable bonds is 12. The van der Waals surface area contributed by atoms with E-state index in [9.17, 15) is 9.59 Å². The molecule has 5 rings (SSSR count). The minimum atomic E-state index is -0.619. The topological polar surface area (TPSA) is 80.3 Å². The van der Waals surface area contributed by atoms with Crippen LogP contribution in [0.2, 0.25) is 0 Å². The molecule has 5 aromatic rings. The predicted octanol–water partition coefficient (Wildman–Crippen LogP) is 7.53. The summed E-state index contributed by atoms with van der Waals surface area (Å²) in [5, 5.41) is 10.5. The molecule has 2 amide bonds. The lowest BCUT2D eigenvalue weighted by Gasteiger charge is -2.25. The highest BCUT2D eigenvalue weighted by Gasteiger charge is 2.25. The van der Waals surface area contributed by atoms with Crippen LogP contribution >= 0.6 is 11.8 Å². The molecule has 0 unspecified atom stereocenters. The van der Waals surface area contributed by atoms with E-state index >= 15 is 0 Å². The molecular formula is C38H41N3O3S. The molecule has 1 heterocycles. The van der Waals surface area contributed by atoms with Crippen molar-refractivity contribution in [3.63, 3.8) is 0 Å². The van der Waals surface area contributed by atoms with E-state index in [1.165, 1.54) is 0 Å². The van der Waals surface area contributed by atoms with Crippen molar-refractivity contribution in [1.29, 1.82) is 0 Å². The summed E-state index contributed by atoms with van der Waals surface area (Å²) in [6.07, 6.45) is 5.00. The van der Waals surface area contributed by atoms with Crippen LogP contribution in [0.5, 0.6) is 0 Å². The first-order valence-electron chi connectivity index (χ1n) is 15.5. The van der Waals surface area contributed by atoms with Crippen molar-refractivity contribution in [2.45, 2.75) is 56.9 Å². The van der Waals surface area contributed by atoms with Crippen LogP contribution in [0.4, 0.5) is 4.79 Å². The molecule has 2 atom stereocenters. The highest BCUT2D eigenvalue weighted by Crippen LogP contribution is 2.26. The van der Waals surface area contributed by atoms with Crippen molar-refractivity contribution >= 4 is 45.3 Å². The quantitative estimate of drug-likeness (QED) is 0.151.